The van der Waals surface area contributed by atoms with E-state index in [0.717, 1.165) is 30.9 Å². The minimum atomic E-state index is 0.391. The maximum Gasteiger partial charge on any atom is 0.136 e. The molecule has 16 heavy (non-hydrogen) atoms. The van der Waals surface area contributed by atoms with Crippen LogP contribution in [0.15, 0.2) is 18.3 Å². The lowest BCUT2D eigenvalue weighted by molar-refractivity contribution is 0.414. The van der Waals surface area contributed by atoms with Gasteiger partial charge in [0.1, 0.15) is 10.8 Å². The molecule has 0 spiro atoms. The molecule has 4 nitrogen and oxygen atoms in total. The van der Waals surface area contributed by atoms with Crippen LogP contribution in [0.25, 0.3) is 0 Å². The van der Waals surface area contributed by atoms with Crippen molar-refractivity contribution in [2.45, 2.75) is 12.5 Å². The first-order valence-electron chi connectivity index (χ1n) is 5.36. The molecule has 0 aliphatic carbocycles. The number of nitrogens with one attached hydrogen (secondary N) is 1. The van der Waals surface area contributed by atoms with E-state index in [1.165, 1.54) is 0 Å². The Bertz CT molecular complexity index is 393. The van der Waals surface area contributed by atoms with Crippen LogP contribution in [0.3, 0.4) is 0 Å². The van der Waals surface area contributed by atoms with Crippen LogP contribution in [0.2, 0.25) is 0 Å². The van der Waals surface area contributed by atoms with Crippen LogP contribution in [0.1, 0.15) is 12.0 Å². The Balaban J connectivity index is 2.12. The lowest BCUT2D eigenvalue weighted by Crippen LogP contribution is -2.25. The number of likely N-dealkylation sites (tertiary alicyclic amines) is 1. The Kier molecular flexibility index (Phi) is 3.36. The summed E-state index contributed by atoms with van der Waals surface area (Å²) in [6.07, 6.45) is 2.88. The first-order chi connectivity index (χ1) is 7.66. The predicted octanol–water partition coefficient (Wildman–Crippen LogP) is 0.832. The molecule has 0 amide bonds. The van der Waals surface area contributed by atoms with E-state index in [2.05, 4.69) is 22.2 Å². The Morgan fingerprint density at radius 3 is 3.12 bits per heavy atom. The lowest BCUT2D eigenvalue weighted by atomic mass is 10.2. The fourth-order valence-electron chi connectivity index (χ4n) is 1.97. The molecular formula is C11H16N4S. The second-order valence-electron chi connectivity index (χ2n) is 4.16. The zero-order valence-corrected chi connectivity index (χ0v) is 10.1. The van der Waals surface area contributed by atoms with Gasteiger partial charge < -0.3 is 16.0 Å². The molecule has 5 heteroatoms. The number of anilines is 1. The van der Waals surface area contributed by atoms with Crippen molar-refractivity contribution in [1.29, 1.82) is 0 Å². The number of rotatable bonds is 3. The van der Waals surface area contributed by atoms with Crippen LogP contribution >= 0.6 is 12.2 Å². The SMILES string of the molecule is CN1CCC(Nc2ncccc2C(N)=S)C1. The van der Waals surface area contributed by atoms with Crippen molar-refractivity contribution < 1.29 is 0 Å². The molecule has 2 heterocycles. The molecule has 1 atom stereocenters. The van der Waals surface area contributed by atoms with Gasteiger partial charge in [-0.2, -0.15) is 0 Å². The van der Waals surface area contributed by atoms with Gasteiger partial charge in [0.05, 0.1) is 5.56 Å². The number of likely N-dealkylation sites (N-methyl/N-ethyl adjacent to an activating group) is 1. The van der Waals surface area contributed by atoms with Crippen LogP contribution in [-0.2, 0) is 0 Å². The Morgan fingerprint density at radius 2 is 2.50 bits per heavy atom. The molecule has 1 aliphatic rings. The molecule has 2 rings (SSSR count). The van der Waals surface area contributed by atoms with Crippen LogP contribution in [0.5, 0.6) is 0 Å². The number of aromatic nitrogens is 1. The predicted molar refractivity (Wildman–Crippen MR) is 69.6 cm³/mol. The van der Waals surface area contributed by atoms with Crippen molar-refractivity contribution in [2.75, 3.05) is 25.5 Å². The van der Waals surface area contributed by atoms with Gasteiger partial charge >= 0.3 is 0 Å². The maximum atomic E-state index is 5.66. The monoisotopic (exact) mass is 236 g/mol. The van der Waals surface area contributed by atoms with Gasteiger partial charge in [-0.3, -0.25) is 0 Å². The zero-order valence-electron chi connectivity index (χ0n) is 9.31. The highest BCUT2D eigenvalue weighted by Gasteiger charge is 2.20. The number of thiocarbonyl (C=S) groups is 1. The summed E-state index contributed by atoms with van der Waals surface area (Å²) in [5.74, 6) is 0.801. The topological polar surface area (TPSA) is 54.2 Å². The van der Waals surface area contributed by atoms with E-state index in [1.54, 1.807) is 6.20 Å². The molecule has 0 saturated carbocycles. The third-order valence-corrected chi connectivity index (χ3v) is 3.03. The Morgan fingerprint density at radius 1 is 1.69 bits per heavy atom. The van der Waals surface area contributed by atoms with Crippen LogP contribution in [-0.4, -0.2) is 41.1 Å². The summed E-state index contributed by atoms with van der Waals surface area (Å²) in [4.78, 5) is 6.97. The summed E-state index contributed by atoms with van der Waals surface area (Å²) in [6.45, 7) is 2.15. The number of hydrogen-bond acceptors (Lipinski definition) is 4. The summed E-state index contributed by atoms with van der Waals surface area (Å²) in [5, 5.41) is 3.40. The molecule has 86 valence electrons. The highest BCUT2D eigenvalue weighted by molar-refractivity contribution is 7.80. The third kappa shape index (κ3) is 2.48. The van der Waals surface area contributed by atoms with Gasteiger partial charge in [0.15, 0.2) is 0 Å². The van der Waals surface area contributed by atoms with Gasteiger partial charge in [0.25, 0.3) is 0 Å². The summed E-state index contributed by atoms with van der Waals surface area (Å²) < 4.78 is 0. The number of pyridine rings is 1. The number of nitrogens with zero attached hydrogens (tertiary/aromatic N) is 2. The fraction of sp³-hybridized carbons (Fsp3) is 0.455. The van der Waals surface area contributed by atoms with Crippen LogP contribution < -0.4 is 11.1 Å². The van der Waals surface area contributed by atoms with E-state index >= 15 is 0 Å². The van der Waals surface area contributed by atoms with Crippen molar-refractivity contribution >= 4 is 23.0 Å². The second kappa shape index (κ2) is 4.76. The van der Waals surface area contributed by atoms with E-state index < -0.39 is 0 Å². The van der Waals surface area contributed by atoms with Crippen molar-refractivity contribution in [3.05, 3.63) is 23.9 Å². The molecule has 1 aliphatic heterocycles. The van der Waals surface area contributed by atoms with Crippen LogP contribution in [0.4, 0.5) is 5.82 Å². The van der Waals surface area contributed by atoms with Crippen LogP contribution in [0, 0.1) is 0 Å². The van der Waals surface area contributed by atoms with Gasteiger partial charge in [-0.1, -0.05) is 12.2 Å². The first kappa shape index (κ1) is 11.3. The summed E-state index contributed by atoms with van der Waals surface area (Å²) in [7, 11) is 2.12. The molecule has 0 radical (unpaired) electrons. The highest BCUT2D eigenvalue weighted by atomic mass is 32.1. The fourth-order valence-corrected chi connectivity index (χ4v) is 2.13. The largest absolute Gasteiger partial charge is 0.389 e. The number of hydrogen-bond donors (Lipinski definition) is 2. The number of nitrogens with two attached hydrogens (primary N) is 1. The summed E-state index contributed by atoms with van der Waals surface area (Å²) in [6, 6.07) is 4.18. The van der Waals surface area contributed by atoms with Crippen molar-refractivity contribution in [1.82, 2.24) is 9.88 Å². The Labute approximate surface area is 101 Å². The molecule has 1 aromatic heterocycles. The molecule has 1 aromatic rings. The maximum absolute atomic E-state index is 5.66. The molecule has 3 N–H and O–H groups in total. The van der Waals surface area contributed by atoms with E-state index in [0.29, 0.717) is 11.0 Å². The first-order valence-corrected chi connectivity index (χ1v) is 5.77. The van der Waals surface area contributed by atoms with Crippen molar-refractivity contribution in [3.8, 4) is 0 Å². The summed E-state index contributed by atoms with van der Waals surface area (Å²) in [5.41, 5.74) is 6.48. The van der Waals surface area contributed by atoms with E-state index in [4.69, 9.17) is 18.0 Å². The van der Waals surface area contributed by atoms with Crippen molar-refractivity contribution in [3.63, 3.8) is 0 Å². The molecular weight excluding hydrogens is 220 g/mol. The summed E-state index contributed by atoms with van der Waals surface area (Å²) >= 11 is 5.00. The highest BCUT2D eigenvalue weighted by Crippen LogP contribution is 2.16. The lowest BCUT2D eigenvalue weighted by Gasteiger charge is -2.15. The molecule has 1 fully saturated rings. The molecule has 0 aromatic carbocycles. The average molecular weight is 236 g/mol. The quantitative estimate of drug-likeness (QED) is 0.761. The van der Waals surface area contributed by atoms with E-state index in [-0.39, 0.29) is 0 Å². The van der Waals surface area contributed by atoms with E-state index in [1.807, 2.05) is 12.1 Å². The third-order valence-electron chi connectivity index (χ3n) is 2.81. The van der Waals surface area contributed by atoms with E-state index in [9.17, 15) is 0 Å². The minimum absolute atomic E-state index is 0.391. The smallest absolute Gasteiger partial charge is 0.136 e. The van der Waals surface area contributed by atoms with Gasteiger partial charge in [-0.25, -0.2) is 4.98 Å². The normalized spacial score (nSPS) is 20.9. The standard InChI is InChI=1S/C11H16N4S/c1-15-6-4-8(7-15)14-11-9(10(12)16)3-2-5-13-11/h2-3,5,8H,4,6-7H2,1H3,(H2,12,16)(H,13,14). The van der Waals surface area contributed by atoms with Gasteiger partial charge in [-0.15, -0.1) is 0 Å². The second-order valence-corrected chi connectivity index (χ2v) is 4.60. The molecule has 1 unspecified atom stereocenters. The van der Waals surface area contributed by atoms with Gasteiger partial charge in [0, 0.05) is 18.8 Å². The minimum Gasteiger partial charge on any atom is -0.389 e. The molecule has 0 bridgehead atoms. The average Bonchev–Trinajstić information content (AvgIpc) is 2.64. The zero-order chi connectivity index (χ0) is 11.5. The van der Waals surface area contributed by atoms with Gasteiger partial charge in [0.2, 0.25) is 0 Å². The Hall–Kier alpha value is -1.20. The van der Waals surface area contributed by atoms with Gasteiger partial charge in [-0.05, 0) is 32.1 Å². The van der Waals surface area contributed by atoms with Crippen molar-refractivity contribution in [2.24, 2.45) is 5.73 Å². The molecule has 1 saturated heterocycles.